The van der Waals surface area contributed by atoms with Crippen molar-refractivity contribution in [3.63, 3.8) is 0 Å². The van der Waals surface area contributed by atoms with Gasteiger partial charge in [0.1, 0.15) is 5.75 Å². The van der Waals surface area contributed by atoms with Crippen LogP contribution >= 0.6 is 11.6 Å². The van der Waals surface area contributed by atoms with Crippen molar-refractivity contribution in [1.29, 1.82) is 0 Å². The van der Waals surface area contributed by atoms with Gasteiger partial charge in [0, 0.05) is 11.6 Å². The molecule has 1 N–H and O–H groups in total. The smallest absolute Gasteiger partial charge is 0.240 e. The van der Waals surface area contributed by atoms with E-state index < -0.39 is 10.0 Å². The van der Waals surface area contributed by atoms with Crippen LogP contribution in [0.3, 0.4) is 0 Å². The Balaban J connectivity index is 2.17. The van der Waals surface area contributed by atoms with Gasteiger partial charge in [0.25, 0.3) is 0 Å². The van der Waals surface area contributed by atoms with E-state index >= 15 is 0 Å². The van der Waals surface area contributed by atoms with Crippen molar-refractivity contribution in [2.75, 3.05) is 7.11 Å². The number of sulfonamides is 1. The van der Waals surface area contributed by atoms with Gasteiger partial charge < -0.3 is 4.74 Å². The second kappa shape index (κ2) is 6.47. The average molecular weight is 326 g/mol. The minimum Gasteiger partial charge on any atom is -0.497 e. The van der Waals surface area contributed by atoms with Gasteiger partial charge in [-0.3, -0.25) is 0 Å². The monoisotopic (exact) mass is 325 g/mol. The maximum atomic E-state index is 12.2. The van der Waals surface area contributed by atoms with E-state index in [4.69, 9.17) is 16.3 Å². The van der Waals surface area contributed by atoms with Crippen LogP contribution in [0, 0.1) is 6.92 Å². The first kappa shape index (κ1) is 15.8. The summed E-state index contributed by atoms with van der Waals surface area (Å²) in [6, 6.07) is 11.7. The summed E-state index contributed by atoms with van der Waals surface area (Å²) in [4.78, 5) is 0.188. The molecule has 2 aromatic carbocycles. The molecule has 0 aromatic heterocycles. The third-order valence-electron chi connectivity index (χ3n) is 3.16. The van der Waals surface area contributed by atoms with E-state index in [0.717, 1.165) is 11.1 Å². The molecule has 0 bridgehead atoms. The van der Waals surface area contributed by atoms with Crippen molar-refractivity contribution in [2.45, 2.75) is 18.4 Å². The molecule has 0 amide bonds. The molecule has 0 spiro atoms. The van der Waals surface area contributed by atoms with E-state index in [1.54, 1.807) is 18.2 Å². The topological polar surface area (TPSA) is 55.4 Å². The number of hydrogen-bond acceptors (Lipinski definition) is 3. The molecule has 2 aromatic rings. The van der Waals surface area contributed by atoms with Gasteiger partial charge in [-0.1, -0.05) is 23.7 Å². The largest absolute Gasteiger partial charge is 0.497 e. The molecule has 0 atom stereocenters. The zero-order valence-electron chi connectivity index (χ0n) is 11.8. The Hall–Kier alpha value is -1.56. The number of halogens is 1. The average Bonchev–Trinajstić information content (AvgIpc) is 2.47. The Bertz CT molecular complexity index is 707. The first-order valence-electron chi connectivity index (χ1n) is 6.32. The summed E-state index contributed by atoms with van der Waals surface area (Å²) in [5.74, 6) is 0.607. The lowest BCUT2D eigenvalue weighted by molar-refractivity contribution is 0.414. The van der Waals surface area contributed by atoms with E-state index in [9.17, 15) is 8.42 Å². The van der Waals surface area contributed by atoms with E-state index in [1.807, 2.05) is 19.1 Å². The fraction of sp³-hybridized carbons (Fsp3) is 0.200. The molecule has 0 fully saturated rings. The first-order chi connectivity index (χ1) is 9.94. The van der Waals surface area contributed by atoms with E-state index in [1.165, 1.54) is 19.2 Å². The molecule has 0 saturated heterocycles. The lowest BCUT2D eigenvalue weighted by Gasteiger charge is -2.11. The lowest BCUT2D eigenvalue weighted by Crippen LogP contribution is -2.23. The molecule has 6 heteroatoms. The second-order valence-electron chi connectivity index (χ2n) is 4.54. The SMILES string of the molecule is COc1ccc(S(=O)(=O)NCc2c(C)cccc2Cl)cc1. The lowest BCUT2D eigenvalue weighted by atomic mass is 10.1. The van der Waals surface area contributed by atoms with E-state index in [2.05, 4.69) is 4.72 Å². The molecule has 2 rings (SSSR count). The number of benzene rings is 2. The van der Waals surface area contributed by atoms with Gasteiger partial charge in [0.05, 0.1) is 12.0 Å². The quantitative estimate of drug-likeness (QED) is 0.918. The van der Waals surface area contributed by atoms with Crippen LogP contribution in [0.4, 0.5) is 0 Å². The summed E-state index contributed by atoms with van der Waals surface area (Å²) in [5, 5.41) is 0.549. The molecular formula is C15H16ClNO3S. The molecular weight excluding hydrogens is 310 g/mol. The first-order valence-corrected chi connectivity index (χ1v) is 8.18. The summed E-state index contributed by atoms with van der Waals surface area (Å²) in [6.45, 7) is 2.04. The fourth-order valence-corrected chi connectivity index (χ4v) is 3.18. The molecule has 0 aliphatic carbocycles. The van der Waals surface area contributed by atoms with Crippen LogP contribution < -0.4 is 9.46 Å². The maximum Gasteiger partial charge on any atom is 0.240 e. The minimum absolute atomic E-state index is 0.153. The summed E-state index contributed by atoms with van der Waals surface area (Å²) >= 11 is 6.09. The molecule has 0 unspecified atom stereocenters. The Kier molecular flexibility index (Phi) is 4.88. The summed E-state index contributed by atoms with van der Waals surface area (Å²) in [5.41, 5.74) is 1.72. The van der Waals surface area contributed by atoms with E-state index in [0.29, 0.717) is 10.8 Å². The molecule has 0 heterocycles. The predicted molar refractivity (Wildman–Crippen MR) is 83.2 cm³/mol. The van der Waals surface area contributed by atoms with Crippen molar-refractivity contribution in [1.82, 2.24) is 4.72 Å². The highest BCUT2D eigenvalue weighted by Crippen LogP contribution is 2.20. The van der Waals surface area contributed by atoms with Crippen LogP contribution in [-0.4, -0.2) is 15.5 Å². The number of nitrogens with one attached hydrogen (secondary N) is 1. The highest BCUT2D eigenvalue weighted by Gasteiger charge is 2.15. The maximum absolute atomic E-state index is 12.2. The number of rotatable bonds is 5. The predicted octanol–water partition coefficient (Wildman–Crippen LogP) is 3.14. The third kappa shape index (κ3) is 3.75. The van der Waals surface area contributed by atoms with E-state index in [-0.39, 0.29) is 11.4 Å². The van der Waals surface area contributed by atoms with Gasteiger partial charge >= 0.3 is 0 Å². The van der Waals surface area contributed by atoms with Crippen molar-refractivity contribution in [3.05, 3.63) is 58.6 Å². The number of hydrogen-bond donors (Lipinski definition) is 1. The number of methoxy groups -OCH3 is 1. The Morgan fingerprint density at radius 1 is 1.14 bits per heavy atom. The molecule has 0 aliphatic heterocycles. The molecule has 112 valence electrons. The standard InChI is InChI=1S/C15H16ClNO3S/c1-11-4-3-5-15(16)14(11)10-17-21(18,19)13-8-6-12(20-2)7-9-13/h3-9,17H,10H2,1-2H3. The van der Waals surface area contributed by atoms with Crippen molar-refractivity contribution in [2.24, 2.45) is 0 Å². The number of ether oxygens (including phenoxy) is 1. The second-order valence-corrected chi connectivity index (χ2v) is 6.71. The summed E-state index contributed by atoms with van der Waals surface area (Å²) in [6.07, 6.45) is 0. The van der Waals surface area contributed by atoms with Crippen LogP contribution in [-0.2, 0) is 16.6 Å². The fourth-order valence-electron chi connectivity index (χ4n) is 1.90. The normalized spacial score (nSPS) is 11.4. The summed E-state index contributed by atoms with van der Waals surface area (Å²) in [7, 11) is -2.05. The van der Waals surface area contributed by atoms with Gasteiger partial charge in [-0.2, -0.15) is 0 Å². The van der Waals surface area contributed by atoms with Crippen LogP contribution in [0.15, 0.2) is 47.4 Å². The third-order valence-corrected chi connectivity index (χ3v) is 4.93. The highest BCUT2D eigenvalue weighted by molar-refractivity contribution is 7.89. The minimum atomic E-state index is -3.58. The Labute approximate surface area is 129 Å². The highest BCUT2D eigenvalue weighted by atomic mass is 35.5. The molecule has 21 heavy (non-hydrogen) atoms. The van der Waals surface area contributed by atoms with Gasteiger partial charge in [-0.25, -0.2) is 13.1 Å². The van der Waals surface area contributed by atoms with Gasteiger partial charge in [-0.05, 0) is 48.4 Å². The van der Waals surface area contributed by atoms with Crippen LogP contribution in [0.25, 0.3) is 0 Å². The molecule has 0 saturated carbocycles. The zero-order valence-corrected chi connectivity index (χ0v) is 13.3. The summed E-state index contributed by atoms with van der Waals surface area (Å²) < 4.78 is 32.0. The van der Waals surface area contributed by atoms with Gasteiger partial charge in [-0.15, -0.1) is 0 Å². The van der Waals surface area contributed by atoms with Gasteiger partial charge in [0.2, 0.25) is 10.0 Å². The van der Waals surface area contributed by atoms with Crippen LogP contribution in [0.1, 0.15) is 11.1 Å². The molecule has 0 radical (unpaired) electrons. The Morgan fingerprint density at radius 3 is 2.38 bits per heavy atom. The van der Waals surface area contributed by atoms with Crippen LogP contribution in [0.2, 0.25) is 5.02 Å². The zero-order chi connectivity index (χ0) is 15.5. The van der Waals surface area contributed by atoms with Crippen molar-refractivity contribution >= 4 is 21.6 Å². The molecule has 4 nitrogen and oxygen atoms in total. The van der Waals surface area contributed by atoms with Crippen molar-refractivity contribution < 1.29 is 13.2 Å². The Morgan fingerprint density at radius 2 is 1.81 bits per heavy atom. The van der Waals surface area contributed by atoms with Crippen LogP contribution in [0.5, 0.6) is 5.75 Å². The van der Waals surface area contributed by atoms with Crippen molar-refractivity contribution in [3.8, 4) is 5.75 Å². The van der Waals surface area contributed by atoms with Gasteiger partial charge in [0.15, 0.2) is 0 Å². The number of aryl methyl sites for hydroxylation is 1. The molecule has 0 aliphatic rings.